The Kier molecular flexibility index (Phi) is 5.26. The van der Waals surface area contributed by atoms with Crippen LogP contribution in [0.5, 0.6) is 5.75 Å². The molecular formula is C17H19NO5S. The van der Waals surface area contributed by atoms with Crippen LogP contribution in [0.25, 0.3) is 0 Å². The molecule has 0 aromatic heterocycles. The van der Waals surface area contributed by atoms with Gasteiger partial charge in [-0.05, 0) is 43.7 Å². The molecule has 128 valence electrons. The maximum absolute atomic E-state index is 12.6. The molecule has 0 bridgehead atoms. The molecule has 0 atom stereocenters. The quantitative estimate of drug-likeness (QED) is 0.800. The van der Waals surface area contributed by atoms with Crippen molar-refractivity contribution in [1.82, 2.24) is 4.72 Å². The predicted molar refractivity (Wildman–Crippen MR) is 89.4 cm³/mol. The lowest BCUT2D eigenvalue weighted by atomic mass is 9.96. The molecule has 0 saturated carbocycles. The number of carboxylic acids is 1. The summed E-state index contributed by atoms with van der Waals surface area (Å²) in [5, 5.41) is 8.56. The van der Waals surface area contributed by atoms with Crippen molar-refractivity contribution in [2.75, 3.05) is 6.61 Å². The maximum Gasteiger partial charge on any atom is 0.341 e. The van der Waals surface area contributed by atoms with Crippen LogP contribution < -0.4 is 9.46 Å². The Bertz CT molecular complexity index is 799. The number of hydrogen-bond donors (Lipinski definition) is 2. The largest absolute Gasteiger partial charge is 0.482 e. The van der Waals surface area contributed by atoms with Gasteiger partial charge in [0.2, 0.25) is 10.0 Å². The molecule has 0 spiro atoms. The summed E-state index contributed by atoms with van der Waals surface area (Å²) in [5.74, 6) is -0.809. The number of rotatable bonds is 7. The van der Waals surface area contributed by atoms with Gasteiger partial charge in [-0.15, -0.1) is 0 Å². The van der Waals surface area contributed by atoms with Gasteiger partial charge in [0, 0.05) is 0 Å². The highest BCUT2D eigenvalue weighted by molar-refractivity contribution is 7.89. The Morgan fingerprint density at radius 1 is 1.08 bits per heavy atom. The number of benzene rings is 2. The lowest BCUT2D eigenvalue weighted by molar-refractivity contribution is -0.139. The number of nitrogens with one attached hydrogen (secondary N) is 1. The first-order valence-corrected chi connectivity index (χ1v) is 8.73. The minimum absolute atomic E-state index is 0.0779. The third-order valence-electron chi connectivity index (χ3n) is 3.38. The Balaban J connectivity index is 2.17. The maximum atomic E-state index is 12.6. The van der Waals surface area contributed by atoms with Crippen LogP contribution in [0.4, 0.5) is 0 Å². The Hall–Kier alpha value is -2.38. The van der Waals surface area contributed by atoms with Gasteiger partial charge in [-0.3, -0.25) is 0 Å². The molecule has 0 aliphatic heterocycles. The zero-order valence-corrected chi connectivity index (χ0v) is 14.2. The summed E-state index contributed by atoms with van der Waals surface area (Å²) >= 11 is 0. The van der Waals surface area contributed by atoms with Crippen molar-refractivity contribution in [2.24, 2.45) is 0 Å². The molecule has 24 heavy (non-hydrogen) atoms. The van der Waals surface area contributed by atoms with Gasteiger partial charge in [-0.25, -0.2) is 17.9 Å². The molecule has 0 fully saturated rings. The van der Waals surface area contributed by atoms with Crippen LogP contribution in [-0.4, -0.2) is 26.1 Å². The highest BCUT2D eigenvalue weighted by atomic mass is 32.2. The number of carbonyl (C=O) groups is 1. The summed E-state index contributed by atoms with van der Waals surface area (Å²) in [6, 6.07) is 14.9. The zero-order valence-electron chi connectivity index (χ0n) is 13.4. The molecule has 0 unspecified atom stereocenters. The van der Waals surface area contributed by atoms with E-state index in [0.29, 0.717) is 5.75 Å². The standard InChI is InChI=1S/C17H19NO5S/c1-17(2,13-6-4-3-5-7-13)18-24(21,22)15-10-8-14(9-11-15)23-12-16(19)20/h3-11,18H,12H2,1-2H3,(H,19,20). The van der Waals surface area contributed by atoms with Crippen molar-refractivity contribution in [3.05, 3.63) is 60.2 Å². The number of ether oxygens (including phenoxy) is 1. The first-order valence-electron chi connectivity index (χ1n) is 7.25. The third-order valence-corrected chi connectivity index (χ3v) is 5.05. The molecule has 0 saturated heterocycles. The SMILES string of the molecule is CC(C)(NS(=O)(=O)c1ccc(OCC(=O)O)cc1)c1ccccc1. The van der Waals surface area contributed by atoms with Gasteiger partial charge in [0.1, 0.15) is 5.75 Å². The van der Waals surface area contributed by atoms with Crippen molar-refractivity contribution in [3.63, 3.8) is 0 Å². The predicted octanol–water partition coefficient (Wildman–Crippen LogP) is 2.36. The van der Waals surface area contributed by atoms with E-state index in [2.05, 4.69) is 4.72 Å². The highest BCUT2D eigenvalue weighted by Gasteiger charge is 2.27. The van der Waals surface area contributed by atoms with Gasteiger partial charge in [0.05, 0.1) is 10.4 Å². The average molecular weight is 349 g/mol. The van der Waals surface area contributed by atoms with E-state index in [9.17, 15) is 13.2 Å². The fourth-order valence-corrected chi connectivity index (χ4v) is 3.57. The Morgan fingerprint density at radius 3 is 2.21 bits per heavy atom. The van der Waals surface area contributed by atoms with Crippen LogP contribution in [0.1, 0.15) is 19.4 Å². The minimum atomic E-state index is -3.74. The molecule has 2 aromatic carbocycles. The third kappa shape index (κ3) is 4.56. The smallest absolute Gasteiger partial charge is 0.341 e. The van der Waals surface area contributed by atoms with Crippen LogP contribution in [0.15, 0.2) is 59.5 Å². The van der Waals surface area contributed by atoms with E-state index in [-0.39, 0.29) is 4.90 Å². The highest BCUT2D eigenvalue weighted by Crippen LogP contribution is 2.23. The fraction of sp³-hybridized carbons (Fsp3) is 0.235. The molecule has 0 amide bonds. The second kappa shape index (κ2) is 7.02. The zero-order chi connectivity index (χ0) is 17.8. The number of carboxylic acid groups (broad SMARTS) is 1. The normalized spacial score (nSPS) is 11.9. The van der Waals surface area contributed by atoms with Crippen molar-refractivity contribution in [3.8, 4) is 5.75 Å². The van der Waals surface area contributed by atoms with E-state index >= 15 is 0 Å². The second-order valence-electron chi connectivity index (χ2n) is 5.75. The van der Waals surface area contributed by atoms with Gasteiger partial charge in [-0.2, -0.15) is 0 Å². The number of hydrogen-bond acceptors (Lipinski definition) is 4. The van der Waals surface area contributed by atoms with Gasteiger partial charge < -0.3 is 9.84 Å². The van der Waals surface area contributed by atoms with Crippen molar-refractivity contribution >= 4 is 16.0 Å². The molecular weight excluding hydrogens is 330 g/mol. The summed E-state index contributed by atoms with van der Waals surface area (Å²) in [4.78, 5) is 10.5. The molecule has 2 rings (SSSR count). The first kappa shape index (κ1) is 18.0. The summed E-state index contributed by atoms with van der Waals surface area (Å²) in [6.07, 6.45) is 0. The van der Waals surface area contributed by atoms with E-state index in [4.69, 9.17) is 9.84 Å². The van der Waals surface area contributed by atoms with Gasteiger partial charge in [0.25, 0.3) is 0 Å². The minimum Gasteiger partial charge on any atom is -0.482 e. The van der Waals surface area contributed by atoms with E-state index in [1.165, 1.54) is 24.3 Å². The van der Waals surface area contributed by atoms with Gasteiger partial charge >= 0.3 is 5.97 Å². The summed E-state index contributed by atoms with van der Waals surface area (Å²) in [7, 11) is -3.74. The molecule has 2 aromatic rings. The van der Waals surface area contributed by atoms with Crippen molar-refractivity contribution in [2.45, 2.75) is 24.3 Å². The summed E-state index contributed by atoms with van der Waals surface area (Å²) in [5.41, 5.74) is 0.0634. The molecule has 0 radical (unpaired) electrons. The van der Waals surface area contributed by atoms with E-state index < -0.39 is 28.1 Å². The average Bonchev–Trinajstić information content (AvgIpc) is 2.53. The van der Waals surface area contributed by atoms with Crippen LogP contribution in [0.3, 0.4) is 0 Å². The molecule has 0 aliphatic carbocycles. The topological polar surface area (TPSA) is 92.7 Å². The molecule has 0 aliphatic rings. The molecule has 2 N–H and O–H groups in total. The first-order chi connectivity index (χ1) is 11.2. The van der Waals surface area contributed by atoms with Gasteiger partial charge in [0.15, 0.2) is 6.61 Å². The molecule has 6 nitrogen and oxygen atoms in total. The van der Waals surface area contributed by atoms with Crippen LogP contribution >= 0.6 is 0 Å². The Labute approximate surface area is 141 Å². The van der Waals surface area contributed by atoms with Gasteiger partial charge in [-0.1, -0.05) is 30.3 Å². The number of aliphatic carboxylic acids is 1. The van der Waals surface area contributed by atoms with Crippen LogP contribution in [-0.2, 0) is 20.4 Å². The van der Waals surface area contributed by atoms with E-state index in [0.717, 1.165) is 5.56 Å². The monoisotopic (exact) mass is 349 g/mol. The van der Waals surface area contributed by atoms with Crippen molar-refractivity contribution < 1.29 is 23.1 Å². The fourth-order valence-electron chi connectivity index (χ4n) is 2.17. The van der Waals surface area contributed by atoms with Crippen LogP contribution in [0, 0.1) is 0 Å². The molecule has 7 heteroatoms. The molecule has 0 heterocycles. The number of sulfonamides is 1. The lowest BCUT2D eigenvalue weighted by Crippen LogP contribution is -2.40. The summed E-state index contributed by atoms with van der Waals surface area (Å²) < 4.78 is 32.8. The lowest BCUT2D eigenvalue weighted by Gasteiger charge is -2.26. The summed E-state index contributed by atoms with van der Waals surface area (Å²) in [6.45, 7) is 3.08. The van der Waals surface area contributed by atoms with E-state index in [1.54, 1.807) is 13.8 Å². The van der Waals surface area contributed by atoms with Crippen LogP contribution in [0.2, 0.25) is 0 Å². The van der Waals surface area contributed by atoms with E-state index in [1.807, 2.05) is 30.3 Å². The second-order valence-corrected chi connectivity index (χ2v) is 7.43. The Morgan fingerprint density at radius 2 is 1.67 bits per heavy atom. The van der Waals surface area contributed by atoms with Crippen molar-refractivity contribution in [1.29, 1.82) is 0 Å².